The molecular formula is C14H10F16O6. The number of halogens is 16. The van der Waals surface area contributed by atoms with Gasteiger partial charge in [-0.1, -0.05) is 0 Å². The lowest BCUT2D eigenvalue weighted by Gasteiger charge is -2.34. The monoisotopic (exact) mass is 578 g/mol. The molecule has 0 fully saturated rings. The van der Waals surface area contributed by atoms with Gasteiger partial charge in [0.1, 0.15) is 0 Å². The van der Waals surface area contributed by atoms with Gasteiger partial charge in [0.05, 0.1) is 13.2 Å². The van der Waals surface area contributed by atoms with Crippen LogP contribution in [-0.4, -0.2) is 83.1 Å². The minimum atomic E-state index is -7.27. The normalized spacial score (nSPS) is 15.2. The molecule has 22 heteroatoms. The Kier molecular flexibility index (Phi) is 9.27. The average molecular weight is 578 g/mol. The van der Waals surface area contributed by atoms with E-state index in [-0.39, 0.29) is 0 Å². The zero-order chi connectivity index (χ0) is 29.4. The van der Waals surface area contributed by atoms with Crippen LogP contribution in [-0.2, 0) is 19.1 Å². The highest BCUT2D eigenvalue weighted by molar-refractivity contribution is 5.77. The Balaban J connectivity index is 5.19. The summed E-state index contributed by atoms with van der Waals surface area (Å²) in [4.78, 5) is 20.0. The number of unbranched alkanes of at least 4 members (excludes halogenated alkanes) is 1. The van der Waals surface area contributed by atoms with Crippen LogP contribution in [0.2, 0.25) is 0 Å². The van der Waals surface area contributed by atoms with Crippen molar-refractivity contribution in [3.8, 4) is 0 Å². The Labute approximate surface area is 186 Å². The van der Waals surface area contributed by atoms with Gasteiger partial charge in [0.15, 0.2) is 0 Å². The maximum Gasteiger partial charge on any atom is 0.426 e. The van der Waals surface area contributed by atoms with E-state index in [1.807, 2.05) is 0 Å². The largest absolute Gasteiger partial charge is 0.477 e. The van der Waals surface area contributed by atoms with Gasteiger partial charge in [0.2, 0.25) is 0 Å². The SMILES string of the molecule is O=C(O)C(F)(F)C(F)(F)C(F)(F)C(F)(F)OCCCCOC(F)(F)C(F)(F)C(F)(F)C(F)(F)C(=O)O. The summed E-state index contributed by atoms with van der Waals surface area (Å²) in [5, 5.41) is 15.7. The van der Waals surface area contributed by atoms with Crippen molar-refractivity contribution in [3.63, 3.8) is 0 Å². The second-order valence-electron chi connectivity index (χ2n) is 6.49. The highest BCUT2D eigenvalue weighted by Gasteiger charge is 2.85. The Morgan fingerprint density at radius 2 is 0.694 bits per heavy atom. The summed E-state index contributed by atoms with van der Waals surface area (Å²) in [5.41, 5.74) is 0. The summed E-state index contributed by atoms with van der Waals surface area (Å²) in [6.45, 7) is -3.92. The number of ether oxygens (including phenoxy) is 2. The topological polar surface area (TPSA) is 93.1 Å². The van der Waals surface area contributed by atoms with Crippen LogP contribution >= 0.6 is 0 Å². The summed E-state index contributed by atoms with van der Waals surface area (Å²) in [6, 6.07) is 0. The smallest absolute Gasteiger partial charge is 0.426 e. The summed E-state index contributed by atoms with van der Waals surface area (Å²) in [6.07, 6.45) is -15.8. The Hall–Kier alpha value is -2.26. The second kappa shape index (κ2) is 9.89. The van der Waals surface area contributed by atoms with E-state index in [0.29, 0.717) is 0 Å². The number of aliphatic carboxylic acids is 2. The zero-order valence-electron chi connectivity index (χ0n) is 16.4. The molecule has 0 atom stereocenters. The highest BCUT2D eigenvalue weighted by atomic mass is 19.4. The van der Waals surface area contributed by atoms with Crippen molar-refractivity contribution in [2.75, 3.05) is 13.2 Å². The maximum absolute atomic E-state index is 13.2. The summed E-state index contributed by atoms with van der Waals surface area (Å²) in [7, 11) is 0. The van der Waals surface area contributed by atoms with E-state index in [2.05, 4.69) is 9.47 Å². The number of carboxylic acids is 2. The molecule has 0 spiro atoms. The van der Waals surface area contributed by atoms with Crippen molar-refractivity contribution in [1.82, 2.24) is 0 Å². The number of alkyl halides is 16. The van der Waals surface area contributed by atoms with Crippen LogP contribution in [0.4, 0.5) is 70.2 Å². The molecule has 0 saturated carbocycles. The lowest BCUT2D eigenvalue weighted by Crippen LogP contribution is -2.65. The fourth-order valence-corrected chi connectivity index (χ4v) is 1.81. The van der Waals surface area contributed by atoms with Crippen LogP contribution < -0.4 is 0 Å². The first-order chi connectivity index (χ1) is 15.6. The molecular weight excluding hydrogens is 568 g/mol. The number of carbonyl (C=O) groups is 2. The molecule has 0 heterocycles. The van der Waals surface area contributed by atoms with Crippen LogP contribution in [0, 0.1) is 0 Å². The molecule has 0 aromatic heterocycles. The third kappa shape index (κ3) is 5.37. The van der Waals surface area contributed by atoms with Gasteiger partial charge in [-0.2, -0.15) is 70.2 Å². The molecule has 0 aliphatic rings. The molecule has 0 radical (unpaired) electrons. The summed E-state index contributed by atoms with van der Waals surface area (Å²) in [5.74, 6) is -50.4. The molecule has 0 rings (SSSR count). The maximum atomic E-state index is 13.2. The molecule has 36 heavy (non-hydrogen) atoms. The van der Waals surface area contributed by atoms with E-state index in [1.54, 1.807) is 0 Å². The van der Waals surface area contributed by atoms with Gasteiger partial charge in [0, 0.05) is 0 Å². The van der Waals surface area contributed by atoms with Gasteiger partial charge >= 0.3 is 59.7 Å². The van der Waals surface area contributed by atoms with Crippen LogP contribution in [0.1, 0.15) is 12.8 Å². The van der Waals surface area contributed by atoms with Gasteiger partial charge in [-0.25, -0.2) is 9.59 Å². The number of hydrogen-bond acceptors (Lipinski definition) is 4. The predicted molar refractivity (Wildman–Crippen MR) is 76.0 cm³/mol. The highest BCUT2D eigenvalue weighted by Crippen LogP contribution is 2.54. The van der Waals surface area contributed by atoms with Crippen LogP contribution in [0.5, 0.6) is 0 Å². The molecule has 0 aromatic carbocycles. The Morgan fingerprint density at radius 3 is 0.889 bits per heavy atom. The lowest BCUT2D eigenvalue weighted by molar-refractivity contribution is -0.425. The quantitative estimate of drug-likeness (QED) is 0.211. The van der Waals surface area contributed by atoms with Crippen LogP contribution in [0.25, 0.3) is 0 Å². The van der Waals surface area contributed by atoms with Gasteiger partial charge in [-0.05, 0) is 12.8 Å². The van der Waals surface area contributed by atoms with Crippen LogP contribution in [0.3, 0.4) is 0 Å². The van der Waals surface area contributed by atoms with Crippen molar-refractivity contribution >= 4 is 11.9 Å². The second-order valence-corrected chi connectivity index (χ2v) is 6.49. The van der Waals surface area contributed by atoms with E-state index in [0.717, 1.165) is 0 Å². The predicted octanol–water partition coefficient (Wildman–Crippen LogP) is 4.97. The molecule has 0 aliphatic heterocycles. The Morgan fingerprint density at radius 1 is 0.472 bits per heavy atom. The minimum absolute atomic E-state index is 1.35. The van der Waals surface area contributed by atoms with Gasteiger partial charge in [-0.15, -0.1) is 0 Å². The fraction of sp³-hybridized carbons (Fsp3) is 0.857. The number of hydrogen-bond donors (Lipinski definition) is 2. The molecule has 6 nitrogen and oxygen atoms in total. The molecule has 0 aliphatic carbocycles. The van der Waals surface area contributed by atoms with Gasteiger partial charge < -0.3 is 19.7 Å². The standard InChI is InChI=1S/C14H10F16O6/c15-7(16,5(31)32)9(19,20)11(23,24)13(27,28)35-3-1-2-4-36-14(29,30)12(25,26)10(21,22)8(17,18)6(33)34/h1-4H2,(H,31,32)(H,33,34). The zero-order valence-corrected chi connectivity index (χ0v) is 16.4. The molecule has 0 unspecified atom stereocenters. The minimum Gasteiger partial charge on any atom is -0.477 e. The molecule has 214 valence electrons. The first kappa shape index (κ1) is 33.7. The van der Waals surface area contributed by atoms with E-state index in [9.17, 15) is 79.8 Å². The van der Waals surface area contributed by atoms with Crippen molar-refractivity contribution in [2.24, 2.45) is 0 Å². The number of rotatable bonds is 15. The van der Waals surface area contributed by atoms with E-state index in [1.165, 1.54) is 0 Å². The Bertz CT molecular complexity index is 745. The van der Waals surface area contributed by atoms with E-state index < -0.39 is 85.7 Å². The van der Waals surface area contributed by atoms with Gasteiger partial charge in [-0.3, -0.25) is 0 Å². The molecule has 2 N–H and O–H groups in total. The number of carboxylic acid groups (broad SMARTS) is 2. The third-order valence-electron chi connectivity index (χ3n) is 3.95. The average Bonchev–Trinajstić information content (AvgIpc) is 2.69. The molecule has 0 bridgehead atoms. The summed E-state index contributed by atoms with van der Waals surface area (Å²) >= 11 is 0. The van der Waals surface area contributed by atoms with Crippen molar-refractivity contribution < 1.29 is 99.5 Å². The lowest BCUT2D eigenvalue weighted by atomic mass is 10.0. The first-order valence-electron chi connectivity index (χ1n) is 8.36. The molecule has 0 aromatic rings. The molecule has 0 amide bonds. The van der Waals surface area contributed by atoms with E-state index in [4.69, 9.17) is 10.2 Å². The van der Waals surface area contributed by atoms with Crippen molar-refractivity contribution in [3.05, 3.63) is 0 Å². The fourth-order valence-electron chi connectivity index (χ4n) is 1.81. The molecule has 0 saturated heterocycles. The first-order valence-corrected chi connectivity index (χ1v) is 8.36. The van der Waals surface area contributed by atoms with Crippen molar-refractivity contribution in [1.29, 1.82) is 0 Å². The van der Waals surface area contributed by atoms with Crippen molar-refractivity contribution in [2.45, 2.75) is 60.6 Å². The van der Waals surface area contributed by atoms with Crippen LogP contribution in [0.15, 0.2) is 0 Å². The summed E-state index contributed by atoms with van der Waals surface area (Å²) < 4.78 is 215. The van der Waals surface area contributed by atoms with E-state index >= 15 is 0 Å². The van der Waals surface area contributed by atoms with Gasteiger partial charge in [0.25, 0.3) is 0 Å². The third-order valence-corrected chi connectivity index (χ3v) is 3.95.